The highest BCUT2D eigenvalue weighted by Gasteiger charge is 2.29. The fraction of sp³-hybridized carbons (Fsp3) is 0.885. The normalized spacial score (nSPS) is 14.5. The van der Waals surface area contributed by atoms with Gasteiger partial charge in [0, 0.05) is 6.42 Å². The molecule has 0 heterocycles. The Kier molecular flexibility index (Phi) is 51.2. The van der Waals surface area contributed by atoms with Crippen LogP contribution in [0.5, 0.6) is 0 Å². The van der Waals surface area contributed by atoms with Crippen LogP contribution in [0.3, 0.4) is 0 Å². The van der Waals surface area contributed by atoms with Crippen LogP contribution < -0.4 is 10.2 Å². The number of quaternary nitrogens is 1. The number of nitrogens with zero attached hydrogens (tertiary/aromatic N) is 1. The zero-order valence-corrected chi connectivity index (χ0v) is 48.4. The molecule has 0 fully saturated rings. The zero-order valence-electron chi connectivity index (χ0n) is 47.6. The molecule has 420 valence electrons. The summed E-state index contributed by atoms with van der Waals surface area (Å²) in [5.41, 5.74) is 0. The van der Waals surface area contributed by atoms with Crippen LogP contribution in [0.2, 0.25) is 0 Å². The number of hydrogen-bond donors (Lipinski definition) is 3. The van der Waals surface area contributed by atoms with E-state index < -0.39 is 32.7 Å². The van der Waals surface area contributed by atoms with Gasteiger partial charge >= 0.3 is 0 Å². The number of hydrogen-bond acceptors (Lipinski definition) is 7. The summed E-state index contributed by atoms with van der Waals surface area (Å²) in [7, 11) is 1.11. The minimum atomic E-state index is -4.68. The molecular weight excluding hydrogens is 904 g/mol. The van der Waals surface area contributed by atoms with Crippen LogP contribution in [0.15, 0.2) is 36.5 Å². The maximum Gasteiger partial charge on any atom is 0.268 e. The number of rotatable bonds is 56. The number of likely N-dealkylation sites (N-methyl/N-ethyl adjacent to an activating group) is 1. The second kappa shape index (κ2) is 52.1. The predicted octanol–water partition coefficient (Wildman–Crippen LogP) is 16.9. The van der Waals surface area contributed by atoms with E-state index in [1.165, 1.54) is 212 Å². The average Bonchev–Trinajstić information content (AvgIpc) is 3.33. The Morgan fingerprint density at radius 3 is 1.21 bits per heavy atom. The van der Waals surface area contributed by atoms with Crippen molar-refractivity contribution in [1.82, 2.24) is 5.32 Å². The lowest BCUT2D eigenvalue weighted by Crippen LogP contribution is -2.51. The number of unbranched alkanes of at least 4 members (excludes halogenated alkanes) is 36. The van der Waals surface area contributed by atoms with E-state index in [1.807, 2.05) is 21.1 Å². The Morgan fingerprint density at radius 1 is 0.493 bits per heavy atom. The van der Waals surface area contributed by atoms with Crippen molar-refractivity contribution < 1.29 is 38.0 Å². The molecule has 0 saturated heterocycles. The molecule has 0 saturated carbocycles. The minimum Gasteiger partial charge on any atom is -0.756 e. The topological polar surface area (TPSA) is 128 Å². The second-order valence-electron chi connectivity index (χ2n) is 22.2. The van der Waals surface area contributed by atoms with Gasteiger partial charge in [-0.1, -0.05) is 243 Å². The van der Waals surface area contributed by atoms with Crippen LogP contribution in [0, 0.1) is 0 Å². The predicted molar refractivity (Wildman–Crippen MR) is 304 cm³/mol. The van der Waals surface area contributed by atoms with Gasteiger partial charge in [0.25, 0.3) is 7.82 Å². The Hall–Kier alpha value is -1.32. The molecule has 0 aromatic carbocycles. The number of nitrogens with one attached hydrogen (secondary N) is 1. The van der Waals surface area contributed by atoms with Gasteiger partial charge in [0.1, 0.15) is 19.3 Å². The van der Waals surface area contributed by atoms with Crippen LogP contribution in [0.25, 0.3) is 0 Å². The first-order valence-electron chi connectivity index (χ1n) is 30.4. The fourth-order valence-corrected chi connectivity index (χ4v) is 9.81. The van der Waals surface area contributed by atoms with Crippen molar-refractivity contribution in [3.8, 4) is 0 Å². The van der Waals surface area contributed by atoms with Crippen molar-refractivity contribution >= 4 is 13.7 Å². The highest BCUT2D eigenvalue weighted by atomic mass is 31.2. The SMILES string of the molecule is CCCCC/C=C/CC/C=C/CCCC(O)C(O)C(COP(=O)([O-])OCC[N+](C)(C)C)NC(=O)CCCCCCCCCCCCCCCCCCCCCCCCC/C=C\CCCCCCCCCC. The molecule has 4 atom stereocenters. The maximum absolute atomic E-state index is 13.0. The quantitative estimate of drug-likeness (QED) is 0.0240. The molecule has 3 N–H and O–H groups in total. The van der Waals surface area contributed by atoms with Gasteiger partial charge < -0.3 is 34.0 Å². The van der Waals surface area contributed by atoms with Crippen molar-refractivity contribution in [2.45, 2.75) is 308 Å². The molecule has 1 amide bonds. The Labute approximate surface area is 440 Å². The first-order chi connectivity index (χ1) is 34.4. The lowest BCUT2D eigenvalue weighted by atomic mass is 10.0. The fourth-order valence-electron chi connectivity index (χ4n) is 9.09. The van der Waals surface area contributed by atoms with E-state index in [4.69, 9.17) is 9.05 Å². The Balaban J connectivity index is 4.00. The summed E-state index contributed by atoms with van der Waals surface area (Å²) < 4.78 is 23.2. The van der Waals surface area contributed by atoms with E-state index in [1.54, 1.807) is 0 Å². The van der Waals surface area contributed by atoms with E-state index in [-0.39, 0.29) is 18.9 Å². The molecule has 0 aliphatic carbocycles. The Morgan fingerprint density at radius 2 is 0.817 bits per heavy atom. The maximum atomic E-state index is 13.0. The Bertz CT molecular complexity index is 1270. The first-order valence-corrected chi connectivity index (χ1v) is 31.9. The summed E-state index contributed by atoms with van der Waals surface area (Å²) in [5, 5.41) is 24.7. The molecule has 0 aliphatic heterocycles. The highest BCUT2D eigenvalue weighted by molar-refractivity contribution is 7.45. The van der Waals surface area contributed by atoms with E-state index in [0.717, 1.165) is 38.5 Å². The lowest BCUT2D eigenvalue weighted by Gasteiger charge is -2.31. The molecule has 71 heavy (non-hydrogen) atoms. The largest absolute Gasteiger partial charge is 0.756 e. The third kappa shape index (κ3) is 53.3. The molecular formula is C61H119N2O7P. The molecule has 0 aliphatic rings. The van der Waals surface area contributed by atoms with Crippen molar-refractivity contribution in [3.05, 3.63) is 36.5 Å². The molecule has 10 heteroatoms. The highest BCUT2D eigenvalue weighted by Crippen LogP contribution is 2.38. The summed E-state index contributed by atoms with van der Waals surface area (Å²) in [5.74, 6) is -0.288. The van der Waals surface area contributed by atoms with Gasteiger partial charge in [-0.05, 0) is 77.0 Å². The van der Waals surface area contributed by atoms with Crippen LogP contribution in [-0.2, 0) is 18.4 Å². The third-order valence-corrected chi connectivity index (χ3v) is 14.9. The summed E-state index contributed by atoms with van der Waals surface area (Å²) in [4.78, 5) is 25.5. The number of amides is 1. The van der Waals surface area contributed by atoms with Gasteiger partial charge in [-0.3, -0.25) is 9.36 Å². The van der Waals surface area contributed by atoms with Gasteiger partial charge in [0.2, 0.25) is 5.91 Å². The number of phosphoric acid groups is 1. The zero-order chi connectivity index (χ0) is 52.2. The number of phosphoric ester groups is 1. The summed E-state index contributed by atoms with van der Waals surface area (Å²) in [6, 6.07) is -1.09. The molecule has 0 rings (SSSR count). The second-order valence-corrected chi connectivity index (χ2v) is 23.6. The molecule has 0 aromatic rings. The van der Waals surface area contributed by atoms with Gasteiger partial charge in [0.05, 0.1) is 39.9 Å². The van der Waals surface area contributed by atoms with E-state index in [0.29, 0.717) is 30.3 Å². The van der Waals surface area contributed by atoms with E-state index in [9.17, 15) is 24.5 Å². The third-order valence-electron chi connectivity index (χ3n) is 13.9. The molecule has 4 unspecified atom stereocenters. The molecule has 0 radical (unpaired) electrons. The summed E-state index contributed by atoms with van der Waals surface area (Å²) >= 11 is 0. The van der Waals surface area contributed by atoms with E-state index in [2.05, 4.69) is 55.6 Å². The average molecular weight is 1020 g/mol. The van der Waals surface area contributed by atoms with Crippen molar-refractivity contribution in [2.75, 3.05) is 40.9 Å². The van der Waals surface area contributed by atoms with Crippen LogP contribution >= 0.6 is 7.82 Å². The number of aliphatic hydroxyl groups excluding tert-OH is 2. The lowest BCUT2D eigenvalue weighted by molar-refractivity contribution is -0.870. The smallest absolute Gasteiger partial charge is 0.268 e. The molecule has 0 spiro atoms. The van der Waals surface area contributed by atoms with Gasteiger partial charge in [-0.2, -0.15) is 0 Å². The molecule has 0 aromatic heterocycles. The van der Waals surface area contributed by atoms with E-state index >= 15 is 0 Å². The van der Waals surface area contributed by atoms with Crippen molar-refractivity contribution in [3.63, 3.8) is 0 Å². The van der Waals surface area contributed by atoms with Gasteiger partial charge in [0.15, 0.2) is 0 Å². The molecule has 9 nitrogen and oxygen atoms in total. The summed E-state index contributed by atoms with van der Waals surface area (Å²) in [6.07, 6.45) is 63.9. The number of allylic oxidation sites excluding steroid dienone is 6. The number of carbonyl (C=O) groups excluding carboxylic acids is 1. The number of aliphatic hydroxyl groups is 2. The van der Waals surface area contributed by atoms with Gasteiger partial charge in [-0.25, -0.2) is 0 Å². The monoisotopic (exact) mass is 1020 g/mol. The number of carbonyl (C=O) groups is 1. The summed E-state index contributed by atoms with van der Waals surface area (Å²) in [6.45, 7) is 4.40. The van der Waals surface area contributed by atoms with Crippen LogP contribution in [-0.4, -0.2) is 79.8 Å². The van der Waals surface area contributed by atoms with Gasteiger partial charge in [-0.15, -0.1) is 0 Å². The van der Waals surface area contributed by atoms with Crippen LogP contribution in [0.1, 0.15) is 290 Å². The van der Waals surface area contributed by atoms with Crippen molar-refractivity contribution in [2.24, 2.45) is 0 Å². The van der Waals surface area contributed by atoms with Crippen LogP contribution in [0.4, 0.5) is 0 Å². The standard InChI is InChI=1S/C61H119N2O7P/c1-6-8-10-12-14-16-18-20-21-22-23-24-25-26-27-28-29-30-31-32-33-34-35-36-37-38-39-40-41-42-44-46-48-50-52-54-60(65)62-58(57-70-71(67,68)69-56-55-63(3,4)5)61(66)59(64)53-51-49-47-45-43-19-17-15-13-11-9-7-2/h15,17,22-23,45,47,58-59,61,64,66H,6-14,16,18-21,24-44,46,48-57H2,1-5H3,(H-,62,65,67,68)/b17-15+,23-22-,47-45+. The first kappa shape index (κ1) is 69.7. The van der Waals surface area contributed by atoms with Crippen molar-refractivity contribution in [1.29, 1.82) is 0 Å². The minimum absolute atomic E-state index is 0.0475. The molecule has 0 bridgehead atoms.